The van der Waals surface area contributed by atoms with Gasteiger partial charge < -0.3 is 10.6 Å². The molecule has 0 unspecified atom stereocenters. The molecule has 3 nitrogen and oxygen atoms in total. The van der Waals surface area contributed by atoms with Gasteiger partial charge in [-0.25, -0.2) is 0 Å². The molecule has 17 heavy (non-hydrogen) atoms. The van der Waals surface area contributed by atoms with Crippen molar-refractivity contribution in [2.24, 2.45) is 5.41 Å². The monoisotopic (exact) mass is 234 g/mol. The van der Waals surface area contributed by atoms with Crippen LogP contribution in [0.4, 0.5) is 5.69 Å². The highest BCUT2D eigenvalue weighted by atomic mass is 16.1. The van der Waals surface area contributed by atoms with Crippen molar-refractivity contribution in [3.63, 3.8) is 0 Å². The van der Waals surface area contributed by atoms with E-state index in [1.54, 1.807) is 7.05 Å². The Labute approximate surface area is 104 Å². The zero-order chi connectivity index (χ0) is 12.9. The molecule has 0 aromatic heterocycles. The lowest BCUT2D eigenvalue weighted by molar-refractivity contribution is 0.0963. The number of amides is 1. The van der Waals surface area contributed by atoms with Crippen molar-refractivity contribution in [2.45, 2.75) is 27.2 Å². The zero-order valence-electron chi connectivity index (χ0n) is 11.1. The van der Waals surface area contributed by atoms with Crippen LogP contribution >= 0.6 is 0 Å². The minimum atomic E-state index is -0.0514. The largest absolute Gasteiger partial charge is 0.385 e. The maximum atomic E-state index is 11.5. The molecule has 0 heterocycles. The van der Waals surface area contributed by atoms with Crippen LogP contribution in [0.5, 0.6) is 0 Å². The van der Waals surface area contributed by atoms with E-state index in [1.807, 2.05) is 24.3 Å². The molecular weight excluding hydrogens is 212 g/mol. The number of carbonyl (C=O) groups excluding carboxylic acids is 1. The van der Waals surface area contributed by atoms with Crippen LogP contribution in [-0.4, -0.2) is 19.5 Å². The summed E-state index contributed by atoms with van der Waals surface area (Å²) in [5.41, 5.74) is 2.01. The van der Waals surface area contributed by atoms with E-state index in [-0.39, 0.29) is 5.91 Å². The predicted octanol–water partition coefficient (Wildman–Crippen LogP) is 2.89. The molecular formula is C14H22N2O. The predicted molar refractivity (Wildman–Crippen MR) is 72.4 cm³/mol. The van der Waals surface area contributed by atoms with Gasteiger partial charge in [0, 0.05) is 24.8 Å². The molecule has 0 radical (unpaired) electrons. The third-order valence-electron chi connectivity index (χ3n) is 2.56. The molecule has 0 bridgehead atoms. The van der Waals surface area contributed by atoms with Gasteiger partial charge in [0.05, 0.1) is 0 Å². The fourth-order valence-electron chi connectivity index (χ4n) is 1.50. The molecule has 2 N–H and O–H groups in total. The van der Waals surface area contributed by atoms with Crippen molar-refractivity contribution in [3.05, 3.63) is 29.8 Å². The molecule has 0 saturated carbocycles. The Bertz CT molecular complexity index is 380. The van der Waals surface area contributed by atoms with Crippen LogP contribution in [0.1, 0.15) is 37.6 Å². The summed E-state index contributed by atoms with van der Waals surface area (Å²) in [6, 6.07) is 7.56. The first-order valence-electron chi connectivity index (χ1n) is 5.98. The van der Waals surface area contributed by atoms with E-state index in [0.717, 1.165) is 18.7 Å². The lowest BCUT2D eigenvalue weighted by Gasteiger charge is -2.18. The highest BCUT2D eigenvalue weighted by Gasteiger charge is 2.09. The first-order chi connectivity index (χ1) is 7.92. The lowest BCUT2D eigenvalue weighted by atomic mass is 9.92. The summed E-state index contributed by atoms with van der Waals surface area (Å²) >= 11 is 0. The fourth-order valence-corrected chi connectivity index (χ4v) is 1.50. The number of rotatable bonds is 4. The maximum absolute atomic E-state index is 11.5. The van der Waals surface area contributed by atoms with Gasteiger partial charge in [0.2, 0.25) is 0 Å². The summed E-state index contributed by atoms with van der Waals surface area (Å²) in [4.78, 5) is 11.5. The molecule has 0 aliphatic heterocycles. The van der Waals surface area contributed by atoms with Crippen molar-refractivity contribution >= 4 is 11.6 Å². The Morgan fingerprint density at radius 1 is 1.29 bits per heavy atom. The summed E-state index contributed by atoms with van der Waals surface area (Å²) in [6.07, 6.45) is 1.09. The molecule has 0 atom stereocenters. The van der Waals surface area contributed by atoms with E-state index in [0.29, 0.717) is 11.0 Å². The molecule has 0 aliphatic carbocycles. The van der Waals surface area contributed by atoms with Crippen LogP contribution in [0.25, 0.3) is 0 Å². The number of carbonyl (C=O) groups is 1. The van der Waals surface area contributed by atoms with Crippen LogP contribution in [-0.2, 0) is 0 Å². The standard InChI is InChI=1S/C14H22N2O/c1-14(2,3)8-9-16-12-7-5-6-11(10-12)13(17)15-4/h5-7,10,16H,8-9H2,1-4H3,(H,15,17). The third-order valence-corrected chi connectivity index (χ3v) is 2.56. The van der Waals surface area contributed by atoms with Gasteiger partial charge in [-0.15, -0.1) is 0 Å². The van der Waals surface area contributed by atoms with Crippen LogP contribution in [0.3, 0.4) is 0 Å². The van der Waals surface area contributed by atoms with Crippen LogP contribution < -0.4 is 10.6 Å². The van der Waals surface area contributed by atoms with Crippen molar-refractivity contribution in [1.29, 1.82) is 0 Å². The topological polar surface area (TPSA) is 41.1 Å². The Kier molecular flexibility index (Phi) is 4.55. The van der Waals surface area contributed by atoms with Gasteiger partial charge in [0.1, 0.15) is 0 Å². The number of hydrogen-bond acceptors (Lipinski definition) is 2. The zero-order valence-corrected chi connectivity index (χ0v) is 11.1. The van der Waals surface area contributed by atoms with E-state index in [2.05, 4.69) is 31.4 Å². The smallest absolute Gasteiger partial charge is 0.251 e. The van der Waals surface area contributed by atoms with Crippen LogP contribution in [0, 0.1) is 5.41 Å². The van der Waals surface area contributed by atoms with Crippen LogP contribution in [0.15, 0.2) is 24.3 Å². The molecule has 0 aliphatic rings. The van der Waals surface area contributed by atoms with Gasteiger partial charge in [0.15, 0.2) is 0 Å². The number of anilines is 1. The third kappa shape index (κ3) is 4.89. The van der Waals surface area contributed by atoms with Gasteiger partial charge in [-0.1, -0.05) is 26.8 Å². The summed E-state index contributed by atoms with van der Waals surface area (Å²) < 4.78 is 0. The fraction of sp³-hybridized carbons (Fsp3) is 0.500. The van der Waals surface area contributed by atoms with Gasteiger partial charge in [-0.3, -0.25) is 4.79 Å². The second-order valence-corrected chi connectivity index (χ2v) is 5.40. The van der Waals surface area contributed by atoms with Gasteiger partial charge in [-0.2, -0.15) is 0 Å². The molecule has 1 aromatic carbocycles. The number of benzene rings is 1. The number of hydrogen-bond donors (Lipinski definition) is 2. The van der Waals surface area contributed by atoms with E-state index in [1.165, 1.54) is 0 Å². The molecule has 0 saturated heterocycles. The molecule has 94 valence electrons. The van der Waals surface area contributed by atoms with Crippen molar-refractivity contribution < 1.29 is 4.79 Å². The first kappa shape index (κ1) is 13.6. The summed E-state index contributed by atoms with van der Waals surface area (Å²) in [5.74, 6) is -0.0514. The lowest BCUT2D eigenvalue weighted by Crippen LogP contribution is -2.18. The van der Waals surface area contributed by atoms with E-state index in [4.69, 9.17) is 0 Å². The van der Waals surface area contributed by atoms with Gasteiger partial charge >= 0.3 is 0 Å². The van der Waals surface area contributed by atoms with Crippen molar-refractivity contribution in [2.75, 3.05) is 18.9 Å². The molecule has 0 spiro atoms. The Morgan fingerprint density at radius 2 is 2.00 bits per heavy atom. The Balaban J connectivity index is 2.57. The average molecular weight is 234 g/mol. The average Bonchev–Trinajstić information content (AvgIpc) is 2.27. The minimum absolute atomic E-state index is 0.0514. The van der Waals surface area contributed by atoms with E-state index in [9.17, 15) is 4.79 Å². The summed E-state index contributed by atoms with van der Waals surface area (Å²) in [7, 11) is 1.64. The molecule has 1 amide bonds. The van der Waals surface area contributed by atoms with Crippen LogP contribution in [0.2, 0.25) is 0 Å². The van der Waals surface area contributed by atoms with E-state index >= 15 is 0 Å². The highest BCUT2D eigenvalue weighted by Crippen LogP contribution is 2.19. The first-order valence-corrected chi connectivity index (χ1v) is 5.98. The second kappa shape index (κ2) is 5.71. The normalized spacial score (nSPS) is 11.1. The molecule has 1 aromatic rings. The SMILES string of the molecule is CNC(=O)c1cccc(NCCC(C)(C)C)c1. The Hall–Kier alpha value is -1.51. The highest BCUT2D eigenvalue weighted by molar-refractivity contribution is 5.94. The molecule has 3 heteroatoms. The Morgan fingerprint density at radius 3 is 2.59 bits per heavy atom. The van der Waals surface area contributed by atoms with E-state index < -0.39 is 0 Å². The van der Waals surface area contributed by atoms with Crippen molar-refractivity contribution in [3.8, 4) is 0 Å². The molecule has 1 rings (SSSR count). The van der Waals surface area contributed by atoms with Crippen molar-refractivity contribution in [1.82, 2.24) is 5.32 Å². The van der Waals surface area contributed by atoms with Gasteiger partial charge in [0.25, 0.3) is 5.91 Å². The minimum Gasteiger partial charge on any atom is -0.385 e. The second-order valence-electron chi connectivity index (χ2n) is 5.40. The summed E-state index contributed by atoms with van der Waals surface area (Å²) in [5, 5.41) is 5.96. The summed E-state index contributed by atoms with van der Waals surface area (Å²) in [6.45, 7) is 7.57. The maximum Gasteiger partial charge on any atom is 0.251 e. The number of nitrogens with one attached hydrogen (secondary N) is 2. The molecule has 0 fully saturated rings. The van der Waals surface area contributed by atoms with Gasteiger partial charge in [-0.05, 0) is 30.0 Å². The quantitative estimate of drug-likeness (QED) is 0.841.